The molecule has 0 radical (unpaired) electrons. The maximum atomic E-state index is 13.4. The van der Waals surface area contributed by atoms with E-state index in [2.05, 4.69) is 15.4 Å². The first-order valence-corrected chi connectivity index (χ1v) is 13.6. The molecule has 10 nitrogen and oxygen atoms in total. The lowest BCUT2D eigenvalue weighted by Gasteiger charge is -2.33. The SMILES string of the molecule is C[C@@H](C1CC1)N1Cc2cc(-c3ccn4nc(N)c(C(=O)N[C@H]5CC[C@@](C)(O)CC5)c4n3)cc(OC(F)F)c2C1=O. The summed E-state index contributed by atoms with van der Waals surface area (Å²) >= 11 is 0. The first-order valence-electron chi connectivity index (χ1n) is 13.6. The van der Waals surface area contributed by atoms with Crippen molar-refractivity contribution in [1.82, 2.24) is 24.8 Å². The van der Waals surface area contributed by atoms with Crippen LogP contribution in [-0.4, -0.2) is 60.7 Å². The van der Waals surface area contributed by atoms with Gasteiger partial charge in [0, 0.05) is 30.4 Å². The molecule has 6 rings (SSSR count). The lowest BCUT2D eigenvalue weighted by Crippen LogP contribution is -2.42. The summed E-state index contributed by atoms with van der Waals surface area (Å²) in [5, 5.41) is 17.4. The molecular formula is C28H32F2N6O4. The number of aromatic nitrogens is 3. The molecule has 4 N–H and O–H groups in total. The minimum atomic E-state index is -3.11. The molecular weight excluding hydrogens is 522 g/mol. The molecule has 2 aliphatic carbocycles. The van der Waals surface area contributed by atoms with Crippen LogP contribution in [0.25, 0.3) is 16.9 Å². The van der Waals surface area contributed by atoms with Gasteiger partial charge in [0.15, 0.2) is 11.5 Å². The number of nitrogens with zero attached hydrogens (tertiary/aromatic N) is 4. The number of carbonyl (C=O) groups excluding carboxylic acids is 2. The van der Waals surface area contributed by atoms with Gasteiger partial charge in [-0.25, -0.2) is 9.50 Å². The Morgan fingerprint density at radius 3 is 2.65 bits per heavy atom. The fourth-order valence-electron chi connectivity index (χ4n) is 5.90. The Hall–Kier alpha value is -3.80. The van der Waals surface area contributed by atoms with Crippen LogP contribution in [0.3, 0.4) is 0 Å². The second-order valence-corrected chi connectivity index (χ2v) is 11.5. The van der Waals surface area contributed by atoms with Crippen molar-refractivity contribution in [3.63, 3.8) is 0 Å². The maximum absolute atomic E-state index is 13.4. The summed E-state index contributed by atoms with van der Waals surface area (Å²) < 4.78 is 33.0. The third-order valence-corrected chi connectivity index (χ3v) is 8.44. The van der Waals surface area contributed by atoms with Crippen molar-refractivity contribution in [3.05, 3.63) is 41.1 Å². The van der Waals surface area contributed by atoms with Crippen molar-refractivity contribution < 1.29 is 28.2 Å². The van der Waals surface area contributed by atoms with Gasteiger partial charge in [-0.1, -0.05) is 0 Å². The number of nitrogen functional groups attached to an aromatic ring is 1. The molecule has 3 aliphatic rings. The second kappa shape index (κ2) is 9.69. The van der Waals surface area contributed by atoms with Crippen molar-refractivity contribution in [3.8, 4) is 17.0 Å². The zero-order chi connectivity index (χ0) is 28.3. The van der Waals surface area contributed by atoms with Crippen molar-refractivity contribution >= 4 is 23.3 Å². The lowest BCUT2D eigenvalue weighted by molar-refractivity contribution is -0.0501. The molecule has 212 valence electrons. The first-order chi connectivity index (χ1) is 19.0. The number of hydrogen-bond donors (Lipinski definition) is 3. The Kier molecular flexibility index (Phi) is 6.40. The van der Waals surface area contributed by atoms with Gasteiger partial charge in [-0.05, 0) is 82.1 Å². The van der Waals surface area contributed by atoms with Crippen molar-refractivity contribution in [2.24, 2.45) is 5.92 Å². The first kappa shape index (κ1) is 26.4. The molecule has 3 heterocycles. The Morgan fingerprint density at radius 2 is 1.98 bits per heavy atom. The van der Waals surface area contributed by atoms with Crippen LogP contribution in [0.4, 0.5) is 14.6 Å². The summed E-state index contributed by atoms with van der Waals surface area (Å²) in [6.07, 6.45) is 6.10. The lowest BCUT2D eigenvalue weighted by atomic mass is 9.83. The summed E-state index contributed by atoms with van der Waals surface area (Å²) in [6, 6.07) is 4.68. The molecule has 40 heavy (non-hydrogen) atoms. The molecule has 3 aromatic rings. The van der Waals surface area contributed by atoms with Crippen LogP contribution < -0.4 is 15.8 Å². The molecule has 1 aliphatic heterocycles. The summed E-state index contributed by atoms with van der Waals surface area (Å²) in [6.45, 7) is 0.962. The summed E-state index contributed by atoms with van der Waals surface area (Å²) in [4.78, 5) is 32.8. The Balaban J connectivity index is 1.34. The zero-order valence-electron chi connectivity index (χ0n) is 22.4. The van der Waals surface area contributed by atoms with Crippen LogP contribution in [0.1, 0.15) is 78.7 Å². The number of aliphatic hydroxyl groups is 1. The van der Waals surface area contributed by atoms with E-state index in [4.69, 9.17) is 10.5 Å². The molecule has 0 unspecified atom stereocenters. The number of benzene rings is 1. The van der Waals surface area contributed by atoms with Gasteiger partial charge in [-0.15, -0.1) is 5.10 Å². The van der Waals surface area contributed by atoms with Crippen LogP contribution in [0.15, 0.2) is 24.4 Å². The summed E-state index contributed by atoms with van der Waals surface area (Å²) in [5.74, 6) is -0.504. The van der Waals surface area contributed by atoms with E-state index in [1.165, 1.54) is 10.6 Å². The van der Waals surface area contributed by atoms with Gasteiger partial charge in [0.05, 0.1) is 16.9 Å². The van der Waals surface area contributed by atoms with E-state index in [-0.39, 0.29) is 46.3 Å². The third kappa shape index (κ3) is 4.85. The molecule has 0 bridgehead atoms. The van der Waals surface area contributed by atoms with Crippen molar-refractivity contribution in [1.29, 1.82) is 0 Å². The number of halogens is 2. The van der Waals surface area contributed by atoms with E-state index in [1.54, 1.807) is 30.2 Å². The molecule has 2 aromatic heterocycles. The number of rotatable bonds is 7. The van der Waals surface area contributed by atoms with E-state index in [1.807, 2.05) is 6.92 Å². The number of carbonyl (C=O) groups is 2. The quantitative estimate of drug-likeness (QED) is 0.405. The third-order valence-electron chi connectivity index (χ3n) is 8.44. The van der Waals surface area contributed by atoms with E-state index < -0.39 is 18.1 Å². The fourth-order valence-corrected chi connectivity index (χ4v) is 5.90. The number of fused-ring (bicyclic) bond motifs is 2. The molecule has 1 atom stereocenters. The number of hydrogen-bond acceptors (Lipinski definition) is 7. The monoisotopic (exact) mass is 554 g/mol. The van der Waals surface area contributed by atoms with Crippen LogP contribution in [0.5, 0.6) is 5.75 Å². The minimum absolute atomic E-state index is 0.00310. The van der Waals surface area contributed by atoms with Gasteiger partial charge in [0.1, 0.15) is 11.3 Å². The molecule has 0 spiro atoms. The zero-order valence-corrected chi connectivity index (χ0v) is 22.4. The molecule has 12 heteroatoms. The standard InChI is InChI=1S/C28H32F2N6O4/c1-14(15-3-4-15)35-13-17-11-16(12-20(40-27(29)30)21(17)26(35)38)19-7-10-36-24(33-19)22(23(31)34-36)25(37)32-18-5-8-28(2,39)9-6-18/h7,10-12,14-15,18,27,39H,3-6,8-9,13H2,1-2H3,(H2,31,34)(H,32,37)/t14-,18-,28+/m0/s1. The van der Waals surface area contributed by atoms with Gasteiger partial charge in [-0.2, -0.15) is 8.78 Å². The topological polar surface area (TPSA) is 135 Å². The highest BCUT2D eigenvalue weighted by Crippen LogP contribution is 2.42. The Morgan fingerprint density at radius 1 is 1.25 bits per heavy atom. The molecule has 2 saturated carbocycles. The number of ether oxygens (including phenoxy) is 1. The maximum Gasteiger partial charge on any atom is 0.387 e. The smallest absolute Gasteiger partial charge is 0.387 e. The van der Waals surface area contributed by atoms with Crippen LogP contribution in [-0.2, 0) is 6.54 Å². The predicted octanol–water partition coefficient (Wildman–Crippen LogP) is 3.76. The van der Waals surface area contributed by atoms with Gasteiger partial charge in [0.2, 0.25) is 0 Å². The molecule has 1 aromatic carbocycles. The minimum Gasteiger partial charge on any atom is -0.434 e. The fraction of sp³-hybridized carbons (Fsp3) is 0.500. The van der Waals surface area contributed by atoms with Crippen molar-refractivity contribution in [2.75, 3.05) is 5.73 Å². The molecule has 2 fully saturated rings. The van der Waals surface area contributed by atoms with E-state index in [0.29, 0.717) is 55.0 Å². The van der Waals surface area contributed by atoms with Crippen molar-refractivity contribution in [2.45, 2.75) is 83.2 Å². The average molecular weight is 555 g/mol. The van der Waals surface area contributed by atoms with Gasteiger partial charge < -0.3 is 25.8 Å². The van der Waals surface area contributed by atoms with E-state index >= 15 is 0 Å². The van der Waals surface area contributed by atoms with Gasteiger partial charge in [-0.3, -0.25) is 9.59 Å². The number of alkyl halides is 2. The highest BCUT2D eigenvalue weighted by molar-refractivity contribution is 6.05. The number of nitrogens with two attached hydrogens (primary N) is 1. The highest BCUT2D eigenvalue weighted by Gasteiger charge is 2.40. The van der Waals surface area contributed by atoms with E-state index in [0.717, 1.165) is 12.8 Å². The second-order valence-electron chi connectivity index (χ2n) is 11.5. The number of amides is 2. The number of nitrogens with one attached hydrogen (secondary N) is 1. The van der Waals surface area contributed by atoms with Crippen LogP contribution in [0, 0.1) is 5.92 Å². The summed E-state index contributed by atoms with van der Waals surface area (Å²) in [7, 11) is 0. The highest BCUT2D eigenvalue weighted by atomic mass is 19.3. The Bertz CT molecular complexity index is 1490. The van der Waals surface area contributed by atoms with E-state index in [9.17, 15) is 23.5 Å². The van der Waals surface area contributed by atoms with Crippen LogP contribution in [0.2, 0.25) is 0 Å². The number of anilines is 1. The summed E-state index contributed by atoms with van der Waals surface area (Å²) in [5.41, 5.74) is 7.30. The normalized spacial score (nSPS) is 23.5. The molecule has 0 saturated heterocycles. The molecule has 2 amide bonds. The average Bonchev–Trinajstić information content (AvgIpc) is 3.61. The van der Waals surface area contributed by atoms with Crippen LogP contribution >= 0.6 is 0 Å². The Labute approximate surface area is 229 Å². The van der Waals surface area contributed by atoms with Gasteiger partial charge >= 0.3 is 6.61 Å². The predicted molar refractivity (Wildman–Crippen MR) is 142 cm³/mol. The largest absolute Gasteiger partial charge is 0.434 e. The van der Waals surface area contributed by atoms with Gasteiger partial charge in [0.25, 0.3) is 11.8 Å².